The molecule has 124 valence electrons. The fourth-order valence-electron chi connectivity index (χ4n) is 2.63. The molecule has 0 unspecified atom stereocenters. The minimum absolute atomic E-state index is 0.137. The summed E-state index contributed by atoms with van der Waals surface area (Å²) < 4.78 is 10.5. The van der Waals surface area contributed by atoms with E-state index in [1.165, 1.54) is 0 Å². The molecule has 0 spiro atoms. The lowest BCUT2D eigenvalue weighted by Gasteiger charge is -2.17. The Morgan fingerprint density at radius 2 is 1.88 bits per heavy atom. The second kappa shape index (κ2) is 6.62. The lowest BCUT2D eigenvalue weighted by molar-refractivity contribution is 0.0781. The smallest absolute Gasteiger partial charge is 0.275 e. The Morgan fingerprint density at radius 3 is 2.62 bits per heavy atom. The fraction of sp³-hybridized carbons (Fsp3) is 0.222. The second-order valence-electron chi connectivity index (χ2n) is 5.47. The van der Waals surface area contributed by atoms with Crippen molar-refractivity contribution in [2.75, 3.05) is 21.3 Å². The van der Waals surface area contributed by atoms with Crippen molar-refractivity contribution in [3.05, 3.63) is 53.7 Å². The zero-order valence-electron chi connectivity index (χ0n) is 13.9. The van der Waals surface area contributed by atoms with E-state index in [1.54, 1.807) is 26.2 Å². The van der Waals surface area contributed by atoms with Crippen LogP contribution in [0.4, 0.5) is 0 Å². The molecule has 0 saturated heterocycles. The summed E-state index contributed by atoms with van der Waals surface area (Å²) >= 11 is 0. The Labute approximate surface area is 140 Å². The van der Waals surface area contributed by atoms with E-state index >= 15 is 0 Å². The van der Waals surface area contributed by atoms with Gasteiger partial charge in [0.1, 0.15) is 0 Å². The molecule has 1 aromatic heterocycles. The van der Waals surface area contributed by atoms with Gasteiger partial charge in [-0.2, -0.15) is 5.10 Å². The molecule has 1 amide bonds. The van der Waals surface area contributed by atoms with Crippen molar-refractivity contribution in [1.82, 2.24) is 15.1 Å². The molecule has 0 fully saturated rings. The number of amides is 1. The summed E-state index contributed by atoms with van der Waals surface area (Å²) in [5.41, 5.74) is 2.22. The van der Waals surface area contributed by atoms with Gasteiger partial charge in [0.2, 0.25) is 0 Å². The molecule has 0 aliphatic heterocycles. The molecule has 6 nitrogen and oxygen atoms in total. The zero-order valence-corrected chi connectivity index (χ0v) is 13.9. The van der Waals surface area contributed by atoms with Gasteiger partial charge in [0.05, 0.1) is 19.7 Å². The van der Waals surface area contributed by atoms with Crippen molar-refractivity contribution >= 4 is 16.8 Å². The summed E-state index contributed by atoms with van der Waals surface area (Å²) in [6.07, 6.45) is 0. The van der Waals surface area contributed by atoms with Gasteiger partial charge in [0.15, 0.2) is 17.2 Å². The number of nitrogens with one attached hydrogen (secondary N) is 1. The minimum Gasteiger partial charge on any atom is -0.493 e. The number of aromatic nitrogens is 2. The van der Waals surface area contributed by atoms with E-state index in [9.17, 15) is 4.79 Å². The Kier molecular flexibility index (Phi) is 4.37. The average Bonchev–Trinajstić information content (AvgIpc) is 3.04. The topological polar surface area (TPSA) is 67.5 Å². The van der Waals surface area contributed by atoms with Gasteiger partial charge in [-0.05, 0) is 23.8 Å². The van der Waals surface area contributed by atoms with Crippen molar-refractivity contribution in [3.63, 3.8) is 0 Å². The number of H-pyrrole nitrogens is 1. The lowest BCUT2D eigenvalue weighted by atomic mass is 10.1. The van der Waals surface area contributed by atoms with Crippen molar-refractivity contribution in [1.29, 1.82) is 0 Å². The number of carbonyl (C=O) groups is 1. The molecular weight excluding hydrogens is 306 g/mol. The minimum atomic E-state index is -0.137. The maximum Gasteiger partial charge on any atom is 0.275 e. The van der Waals surface area contributed by atoms with Crippen LogP contribution in [0.3, 0.4) is 0 Å². The van der Waals surface area contributed by atoms with Crippen LogP contribution in [0, 0.1) is 0 Å². The van der Waals surface area contributed by atoms with E-state index in [2.05, 4.69) is 10.2 Å². The summed E-state index contributed by atoms with van der Waals surface area (Å²) in [6, 6.07) is 13.2. The van der Waals surface area contributed by atoms with Crippen LogP contribution in [-0.4, -0.2) is 42.3 Å². The molecule has 0 radical (unpaired) electrons. The molecule has 0 atom stereocenters. The van der Waals surface area contributed by atoms with Gasteiger partial charge in [0, 0.05) is 19.0 Å². The molecule has 1 N–H and O–H groups in total. The van der Waals surface area contributed by atoms with Crippen LogP contribution in [0.15, 0.2) is 42.5 Å². The third kappa shape index (κ3) is 2.90. The number of aromatic amines is 1. The largest absolute Gasteiger partial charge is 0.493 e. The monoisotopic (exact) mass is 325 g/mol. The first-order valence-corrected chi connectivity index (χ1v) is 7.53. The highest BCUT2D eigenvalue weighted by molar-refractivity contribution is 6.04. The van der Waals surface area contributed by atoms with E-state index < -0.39 is 0 Å². The summed E-state index contributed by atoms with van der Waals surface area (Å²) in [6.45, 7) is 0.445. The number of nitrogens with zero attached hydrogens (tertiary/aromatic N) is 2. The molecule has 0 aliphatic carbocycles. The van der Waals surface area contributed by atoms with Crippen molar-refractivity contribution in [3.8, 4) is 11.5 Å². The van der Waals surface area contributed by atoms with Crippen molar-refractivity contribution in [2.24, 2.45) is 0 Å². The normalized spacial score (nSPS) is 10.6. The van der Waals surface area contributed by atoms with Crippen LogP contribution in [0.25, 0.3) is 10.9 Å². The van der Waals surface area contributed by atoms with Crippen LogP contribution in [0.1, 0.15) is 16.1 Å². The third-order valence-corrected chi connectivity index (χ3v) is 3.89. The predicted molar refractivity (Wildman–Crippen MR) is 91.4 cm³/mol. The number of methoxy groups -OCH3 is 2. The highest BCUT2D eigenvalue weighted by atomic mass is 16.5. The standard InChI is InChI=1S/C18H19N3O3/c1-21(11-12-8-9-15(23-2)16(10-12)24-3)18(22)17-13-6-4-5-7-14(13)19-20-17/h4-10H,11H2,1-3H3,(H,19,20). The van der Waals surface area contributed by atoms with E-state index in [0.29, 0.717) is 23.7 Å². The van der Waals surface area contributed by atoms with Crippen LogP contribution in [0.2, 0.25) is 0 Å². The maximum atomic E-state index is 12.7. The molecule has 2 aromatic carbocycles. The molecule has 1 heterocycles. The summed E-state index contributed by atoms with van der Waals surface area (Å²) in [5.74, 6) is 1.16. The summed E-state index contributed by atoms with van der Waals surface area (Å²) in [4.78, 5) is 14.3. The molecule has 6 heteroatoms. The molecular formula is C18H19N3O3. The van der Waals surface area contributed by atoms with Gasteiger partial charge in [-0.25, -0.2) is 0 Å². The van der Waals surface area contributed by atoms with Crippen LogP contribution in [-0.2, 0) is 6.54 Å². The first kappa shape index (κ1) is 15.9. The zero-order chi connectivity index (χ0) is 17.1. The summed E-state index contributed by atoms with van der Waals surface area (Å²) in [5, 5.41) is 7.87. The number of hydrogen-bond donors (Lipinski definition) is 1. The second-order valence-corrected chi connectivity index (χ2v) is 5.47. The van der Waals surface area contributed by atoms with E-state index in [1.807, 2.05) is 42.5 Å². The van der Waals surface area contributed by atoms with Crippen molar-refractivity contribution < 1.29 is 14.3 Å². The average molecular weight is 325 g/mol. The Hall–Kier alpha value is -3.02. The predicted octanol–water partition coefficient (Wildman–Crippen LogP) is 2.85. The number of hydrogen-bond acceptors (Lipinski definition) is 4. The third-order valence-electron chi connectivity index (χ3n) is 3.89. The van der Waals surface area contributed by atoms with Gasteiger partial charge in [-0.3, -0.25) is 9.89 Å². The van der Waals surface area contributed by atoms with E-state index in [4.69, 9.17) is 9.47 Å². The van der Waals surface area contributed by atoms with E-state index in [-0.39, 0.29) is 5.91 Å². The molecule has 3 aromatic rings. The number of para-hydroxylation sites is 1. The fourth-order valence-corrected chi connectivity index (χ4v) is 2.63. The number of ether oxygens (including phenoxy) is 2. The number of fused-ring (bicyclic) bond motifs is 1. The van der Waals surface area contributed by atoms with E-state index in [0.717, 1.165) is 16.5 Å². The van der Waals surface area contributed by atoms with Gasteiger partial charge in [-0.15, -0.1) is 0 Å². The summed E-state index contributed by atoms with van der Waals surface area (Å²) in [7, 11) is 4.94. The van der Waals surface area contributed by atoms with Crippen LogP contribution >= 0.6 is 0 Å². The van der Waals surface area contributed by atoms with Crippen LogP contribution in [0.5, 0.6) is 11.5 Å². The Bertz CT molecular complexity index is 873. The van der Waals surface area contributed by atoms with Gasteiger partial charge < -0.3 is 14.4 Å². The SMILES string of the molecule is COc1ccc(CN(C)C(=O)c2n[nH]c3ccccc23)cc1OC. The highest BCUT2D eigenvalue weighted by Crippen LogP contribution is 2.28. The molecule has 24 heavy (non-hydrogen) atoms. The maximum absolute atomic E-state index is 12.7. The van der Waals surface area contributed by atoms with Gasteiger partial charge in [-0.1, -0.05) is 24.3 Å². The van der Waals surface area contributed by atoms with Gasteiger partial charge >= 0.3 is 0 Å². The van der Waals surface area contributed by atoms with Crippen LogP contribution < -0.4 is 9.47 Å². The highest BCUT2D eigenvalue weighted by Gasteiger charge is 2.18. The number of benzene rings is 2. The Morgan fingerprint density at radius 1 is 1.12 bits per heavy atom. The Balaban J connectivity index is 1.82. The molecule has 3 rings (SSSR count). The van der Waals surface area contributed by atoms with Gasteiger partial charge in [0.25, 0.3) is 5.91 Å². The lowest BCUT2D eigenvalue weighted by Crippen LogP contribution is -2.26. The first-order chi connectivity index (χ1) is 11.6. The number of carbonyl (C=O) groups excluding carboxylic acids is 1. The first-order valence-electron chi connectivity index (χ1n) is 7.53. The van der Waals surface area contributed by atoms with Crippen molar-refractivity contribution in [2.45, 2.75) is 6.54 Å². The molecule has 0 saturated carbocycles. The quantitative estimate of drug-likeness (QED) is 0.783. The molecule has 0 bridgehead atoms. The molecule has 0 aliphatic rings. The number of rotatable bonds is 5.